The Labute approximate surface area is 168 Å². The highest BCUT2D eigenvalue weighted by Crippen LogP contribution is 2.38. The number of guanidine groups is 1. The van der Waals surface area contributed by atoms with E-state index in [1.807, 2.05) is 39.8 Å². The minimum Gasteiger partial charge on any atom is -0.493 e. The van der Waals surface area contributed by atoms with Crippen molar-refractivity contribution in [3.05, 3.63) is 17.7 Å². The summed E-state index contributed by atoms with van der Waals surface area (Å²) < 4.78 is 16.1. The van der Waals surface area contributed by atoms with Crippen LogP contribution in [0.3, 0.4) is 0 Å². The summed E-state index contributed by atoms with van der Waals surface area (Å²) in [6.07, 6.45) is 0. The Morgan fingerprint density at radius 3 is 2.00 bits per heavy atom. The molecule has 0 aromatic heterocycles. The maximum atomic E-state index is 12.2. The van der Waals surface area contributed by atoms with Gasteiger partial charge in [0.05, 0.1) is 33.3 Å². The molecule has 0 unspecified atom stereocenters. The van der Waals surface area contributed by atoms with Gasteiger partial charge in [-0.25, -0.2) is 4.99 Å². The summed E-state index contributed by atoms with van der Waals surface area (Å²) in [5.41, 5.74) is 0.355. The molecule has 1 aromatic rings. The number of nitrogens with one attached hydrogen (secondary N) is 3. The van der Waals surface area contributed by atoms with E-state index in [9.17, 15) is 4.79 Å². The van der Waals surface area contributed by atoms with E-state index in [4.69, 9.17) is 14.2 Å². The maximum Gasteiger partial charge on any atom is 0.227 e. The zero-order valence-corrected chi connectivity index (χ0v) is 18.1. The van der Waals surface area contributed by atoms with Crippen LogP contribution >= 0.6 is 0 Å². The summed E-state index contributed by atoms with van der Waals surface area (Å²) in [5.74, 6) is 2.35. The summed E-state index contributed by atoms with van der Waals surface area (Å²) >= 11 is 0. The molecule has 0 aliphatic carbocycles. The number of aliphatic imine (C=N–C) groups is 1. The Bertz CT molecular complexity index is 649. The third-order valence-electron chi connectivity index (χ3n) is 4.14. The van der Waals surface area contributed by atoms with Crippen LogP contribution in [-0.4, -0.2) is 52.8 Å². The van der Waals surface area contributed by atoms with Crippen LogP contribution in [0.4, 0.5) is 0 Å². The molecule has 0 heterocycles. The molecule has 8 heteroatoms. The van der Waals surface area contributed by atoms with Gasteiger partial charge in [-0.3, -0.25) is 4.79 Å². The van der Waals surface area contributed by atoms with E-state index in [1.54, 1.807) is 21.3 Å². The van der Waals surface area contributed by atoms with Gasteiger partial charge in [-0.15, -0.1) is 0 Å². The monoisotopic (exact) mass is 394 g/mol. The molecule has 0 bridgehead atoms. The molecular formula is C20H34N4O4. The Hall–Kier alpha value is -2.64. The van der Waals surface area contributed by atoms with Crippen molar-refractivity contribution in [3.8, 4) is 17.2 Å². The van der Waals surface area contributed by atoms with Crippen LogP contribution < -0.4 is 30.2 Å². The Morgan fingerprint density at radius 2 is 1.54 bits per heavy atom. The van der Waals surface area contributed by atoms with E-state index < -0.39 is 5.41 Å². The lowest BCUT2D eigenvalue weighted by Crippen LogP contribution is -2.47. The van der Waals surface area contributed by atoms with Crippen LogP contribution in [0.2, 0.25) is 0 Å². The third kappa shape index (κ3) is 6.51. The van der Waals surface area contributed by atoms with Crippen molar-refractivity contribution >= 4 is 11.9 Å². The van der Waals surface area contributed by atoms with E-state index in [0.717, 1.165) is 5.56 Å². The summed E-state index contributed by atoms with van der Waals surface area (Å²) in [4.78, 5) is 16.8. The Balaban J connectivity index is 2.94. The van der Waals surface area contributed by atoms with E-state index in [0.29, 0.717) is 49.4 Å². The molecule has 0 radical (unpaired) electrons. The number of hydrogen-bond acceptors (Lipinski definition) is 5. The first kappa shape index (κ1) is 23.4. The predicted molar refractivity (Wildman–Crippen MR) is 111 cm³/mol. The molecule has 0 saturated heterocycles. The van der Waals surface area contributed by atoms with E-state index in [1.165, 1.54) is 0 Å². The van der Waals surface area contributed by atoms with Gasteiger partial charge in [0.25, 0.3) is 0 Å². The zero-order valence-electron chi connectivity index (χ0n) is 18.1. The second-order valence-electron chi connectivity index (χ2n) is 6.83. The SMILES string of the molecule is CCNC(=O)C(C)(C)CNC(=NCc1cc(OC)c(OC)c(OC)c1)NCC. The van der Waals surface area contributed by atoms with Crippen LogP contribution in [0.1, 0.15) is 33.3 Å². The molecule has 0 aliphatic heterocycles. The number of carbonyl (C=O) groups is 1. The van der Waals surface area contributed by atoms with Crippen molar-refractivity contribution in [2.75, 3.05) is 41.0 Å². The van der Waals surface area contributed by atoms with Gasteiger partial charge >= 0.3 is 0 Å². The summed E-state index contributed by atoms with van der Waals surface area (Å²) in [7, 11) is 4.74. The van der Waals surface area contributed by atoms with Crippen molar-refractivity contribution in [2.24, 2.45) is 10.4 Å². The van der Waals surface area contributed by atoms with Gasteiger partial charge in [-0.2, -0.15) is 0 Å². The highest BCUT2D eigenvalue weighted by Gasteiger charge is 2.27. The molecule has 8 nitrogen and oxygen atoms in total. The number of ether oxygens (including phenoxy) is 3. The fourth-order valence-electron chi connectivity index (χ4n) is 2.52. The maximum absolute atomic E-state index is 12.2. The molecular weight excluding hydrogens is 360 g/mol. The number of carbonyl (C=O) groups excluding carboxylic acids is 1. The zero-order chi connectivity index (χ0) is 21.2. The second kappa shape index (κ2) is 11.3. The third-order valence-corrected chi connectivity index (χ3v) is 4.14. The first-order valence-electron chi connectivity index (χ1n) is 9.42. The van der Waals surface area contributed by atoms with Crippen molar-refractivity contribution in [3.63, 3.8) is 0 Å². The van der Waals surface area contributed by atoms with Crippen LogP contribution in [-0.2, 0) is 11.3 Å². The van der Waals surface area contributed by atoms with Crippen LogP contribution in [0.25, 0.3) is 0 Å². The lowest BCUT2D eigenvalue weighted by atomic mass is 9.92. The normalized spacial score (nSPS) is 11.6. The van der Waals surface area contributed by atoms with Gasteiger partial charge in [-0.1, -0.05) is 0 Å². The molecule has 28 heavy (non-hydrogen) atoms. The quantitative estimate of drug-likeness (QED) is 0.415. The smallest absolute Gasteiger partial charge is 0.227 e. The van der Waals surface area contributed by atoms with Crippen molar-refractivity contribution in [1.29, 1.82) is 0 Å². The van der Waals surface area contributed by atoms with Gasteiger partial charge in [0.15, 0.2) is 17.5 Å². The Kier molecular flexibility index (Phi) is 9.41. The summed E-state index contributed by atoms with van der Waals surface area (Å²) in [6, 6.07) is 3.74. The first-order valence-corrected chi connectivity index (χ1v) is 9.42. The van der Waals surface area contributed by atoms with E-state index in [2.05, 4.69) is 20.9 Å². The van der Waals surface area contributed by atoms with Crippen molar-refractivity contribution in [1.82, 2.24) is 16.0 Å². The average Bonchev–Trinajstić information content (AvgIpc) is 2.69. The van der Waals surface area contributed by atoms with Gasteiger partial charge in [0.1, 0.15) is 0 Å². The highest BCUT2D eigenvalue weighted by molar-refractivity contribution is 5.84. The second-order valence-corrected chi connectivity index (χ2v) is 6.83. The van der Waals surface area contributed by atoms with Crippen molar-refractivity contribution < 1.29 is 19.0 Å². The Morgan fingerprint density at radius 1 is 0.964 bits per heavy atom. The largest absolute Gasteiger partial charge is 0.493 e. The topological polar surface area (TPSA) is 93.2 Å². The molecule has 3 N–H and O–H groups in total. The van der Waals surface area contributed by atoms with Crippen LogP contribution in [0, 0.1) is 5.41 Å². The molecule has 1 rings (SSSR count). The number of benzene rings is 1. The number of amides is 1. The van der Waals surface area contributed by atoms with Gasteiger partial charge in [-0.05, 0) is 45.4 Å². The van der Waals surface area contributed by atoms with Crippen molar-refractivity contribution in [2.45, 2.75) is 34.2 Å². The molecule has 1 amide bonds. The predicted octanol–water partition coefficient (Wildman–Crippen LogP) is 1.93. The molecule has 0 spiro atoms. The minimum atomic E-state index is -0.557. The number of nitrogens with zero attached hydrogens (tertiary/aromatic N) is 1. The first-order chi connectivity index (χ1) is 13.3. The summed E-state index contributed by atoms with van der Waals surface area (Å²) in [6.45, 7) is 9.88. The number of methoxy groups -OCH3 is 3. The van der Waals surface area contributed by atoms with Gasteiger partial charge in [0, 0.05) is 19.6 Å². The van der Waals surface area contributed by atoms with E-state index >= 15 is 0 Å². The molecule has 0 atom stereocenters. The fourth-order valence-corrected chi connectivity index (χ4v) is 2.52. The average molecular weight is 395 g/mol. The number of rotatable bonds is 10. The number of hydrogen-bond donors (Lipinski definition) is 3. The molecule has 0 saturated carbocycles. The van der Waals surface area contributed by atoms with Crippen LogP contribution in [0.5, 0.6) is 17.2 Å². The standard InChI is InChI=1S/C20H34N4O4/c1-8-21-18(25)20(3,4)13-24-19(22-9-2)23-12-14-10-15(26-5)17(28-7)16(11-14)27-6/h10-11H,8-9,12-13H2,1-7H3,(H,21,25)(H2,22,23,24). The lowest BCUT2D eigenvalue weighted by Gasteiger charge is -2.24. The molecule has 158 valence electrons. The fraction of sp³-hybridized carbons (Fsp3) is 0.600. The molecule has 0 aliphatic rings. The lowest BCUT2D eigenvalue weighted by molar-refractivity contribution is -0.128. The van der Waals surface area contributed by atoms with E-state index in [-0.39, 0.29) is 5.91 Å². The molecule has 1 aromatic carbocycles. The summed E-state index contributed by atoms with van der Waals surface area (Å²) in [5, 5.41) is 9.29. The van der Waals surface area contributed by atoms with Crippen LogP contribution in [0.15, 0.2) is 17.1 Å². The minimum absolute atomic E-state index is 0.00276. The molecule has 0 fully saturated rings. The van der Waals surface area contributed by atoms with Gasteiger partial charge in [0.2, 0.25) is 11.7 Å². The highest BCUT2D eigenvalue weighted by atomic mass is 16.5. The van der Waals surface area contributed by atoms with Gasteiger partial charge < -0.3 is 30.2 Å².